The van der Waals surface area contributed by atoms with Gasteiger partial charge in [-0.25, -0.2) is 15.8 Å². The van der Waals surface area contributed by atoms with E-state index < -0.39 is 0 Å². The minimum absolute atomic E-state index is 0.312. The molecule has 1 aromatic heterocycles. The molecule has 7 heteroatoms. The van der Waals surface area contributed by atoms with Crippen molar-refractivity contribution in [3.63, 3.8) is 0 Å². The Morgan fingerprint density at radius 3 is 2.48 bits per heavy atom. The second-order valence-corrected chi connectivity index (χ2v) is 4.16. The molecule has 0 atom stereocenters. The number of nitrogen functional groups attached to an aromatic ring is 1. The number of hydrogen-bond acceptors (Lipinski definition) is 7. The van der Waals surface area contributed by atoms with Gasteiger partial charge in [0.15, 0.2) is 0 Å². The molecule has 104 valence electrons. The number of rotatable bonds is 4. The molecule has 1 heterocycles. The molecule has 0 aliphatic heterocycles. The highest BCUT2D eigenvalue weighted by atomic mass is 15.3. The molecule has 0 unspecified atom stereocenters. The maximum absolute atomic E-state index is 9.04. The van der Waals surface area contributed by atoms with E-state index in [1.165, 1.54) is 6.33 Å². The predicted molar refractivity (Wildman–Crippen MR) is 78.4 cm³/mol. The highest BCUT2D eigenvalue weighted by molar-refractivity contribution is 5.67. The van der Waals surface area contributed by atoms with E-state index in [0.29, 0.717) is 34.9 Å². The van der Waals surface area contributed by atoms with Crippen LogP contribution in [0.5, 0.6) is 0 Å². The maximum Gasteiger partial charge on any atom is 0.148 e. The van der Waals surface area contributed by atoms with Crippen LogP contribution in [0.1, 0.15) is 23.6 Å². The summed E-state index contributed by atoms with van der Waals surface area (Å²) < 4.78 is 0. The minimum Gasteiger partial charge on any atom is -0.340 e. The van der Waals surface area contributed by atoms with Crippen molar-refractivity contribution in [3.05, 3.63) is 41.2 Å². The van der Waals surface area contributed by atoms with Crippen LogP contribution in [-0.2, 0) is 6.42 Å². The Morgan fingerprint density at radius 1 is 1.14 bits per heavy atom. The van der Waals surface area contributed by atoms with E-state index in [-0.39, 0.29) is 0 Å². The third kappa shape index (κ3) is 2.89. The molecule has 0 radical (unpaired) electrons. The topological polar surface area (TPSA) is 123 Å². The number of hydrogen-bond donors (Lipinski definition) is 3. The average Bonchev–Trinajstić information content (AvgIpc) is 2.54. The van der Waals surface area contributed by atoms with Gasteiger partial charge in [0, 0.05) is 11.3 Å². The van der Waals surface area contributed by atoms with E-state index in [1.807, 2.05) is 19.1 Å². The number of anilines is 3. The lowest BCUT2D eigenvalue weighted by atomic mass is 10.1. The highest BCUT2D eigenvalue weighted by Gasteiger charge is 2.10. The maximum atomic E-state index is 9.04. The molecule has 2 rings (SSSR count). The third-order valence-corrected chi connectivity index (χ3v) is 2.96. The summed E-state index contributed by atoms with van der Waals surface area (Å²) in [7, 11) is 0. The summed E-state index contributed by atoms with van der Waals surface area (Å²) in [4.78, 5) is 8.23. The molecular formula is C14H13N7. The fourth-order valence-electron chi connectivity index (χ4n) is 1.93. The molecule has 0 spiro atoms. The van der Waals surface area contributed by atoms with Gasteiger partial charge < -0.3 is 10.7 Å². The van der Waals surface area contributed by atoms with Crippen molar-refractivity contribution >= 4 is 17.3 Å². The van der Waals surface area contributed by atoms with Crippen LogP contribution in [0.15, 0.2) is 24.5 Å². The van der Waals surface area contributed by atoms with Gasteiger partial charge in [-0.3, -0.25) is 0 Å². The molecule has 0 bridgehead atoms. The summed E-state index contributed by atoms with van der Waals surface area (Å²) in [5.74, 6) is 6.58. The Morgan fingerprint density at radius 2 is 1.86 bits per heavy atom. The summed E-state index contributed by atoms with van der Waals surface area (Å²) in [6, 6.07) is 8.89. The standard InChI is InChI=1S/C14H13N7/c1-2-12-13(18-8-19-14(12)21-17)20-11-4-3-9(6-15)10(5-11)7-16/h3-5,8H,2,17H2,1H3,(H2,18,19,20,21). The van der Waals surface area contributed by atoms with Crippen molar-refractivity contribution in [2.75, 3.05) is 10.7 Å². The van der Waals surface area contributed by atoms with Gasteiger partial charge in [-0.15, -0.1) is 0 Å². The van der Waals surface area contributed by atoms with Crippen LogP contribution >= 0.6 is 0 Å². The summed E-state index contributed by atoms with van der Waals surface area (Å²) in [5.41, 5.74) is 4.68. The first kappa shape index (κ1) is 14.3. The minimum atomic E-state index is 0.312. The highest BCUT2D eigenvalue weighted by Crippen LogP contribution is 2.24. The SMILES string of the molecule is CCc1c(NN)ncnc1Nc1ccc(C#N)c(C#N)c1. The molecule has 0 aliphatic rings. The number of aromatic nitrogens is 2. The molecule has 0 fully saturated rings. The zero-order valence-corrected chi connectivity index (χ0v) is 11.4. The summed E-state index contributed by atoms with van der Waals surface area (Å²) >= 11 is 0. The summed E-state index contributed by atoms with van der Waals surface area (Å²) in [6.07, 6.45) is 2.08. The first-order valence-electron chi connectivity index (χ1n) is 6.25. The zero-order valence-electron chi connectivity index (χ0n) is 11.4. The average molecular weight is 279 g/mol. The Bertz CT molecular complexity index is 740. The largest absolute Gasteiger partial charge is 0.340 e. The number of nitrogens with one attached hydrogen (secondary N) is 2. The van der Waals surface area contributed by atoms with Gasteiger partial charge in [-0.1, -0.05) is 6.92 Å². The molecule has 0 aliphatic carbocycles. The number of hydrazine groups is 1. The van der Waals surface area contributed by atoms with E-state index in [9.17, 15) is 0 Å². The van der Waals surface area contributed by atoms with Crippen LogP contribution in [0, 0.1) is 22.7 Å². The fourth-order valence-corrected chi connectivity index (χ4v) is 1.93. The zero-order chi connectivity index (χ0) is 15.2. The molecule has 0 amide bonds. The van der Waals surface area contributed by atoms with Crippen LogP contribution in [0.4, 0.5) is 17.3 Å². The summed E-state index contributed by atoms with van der Waals surface area (Å²) in [5, 5.41) is 21.1. The van der Waals surface area contributed by atoms with E-state index in [0.717, 1.165) is 5.56 Å². The van der Waals surface area contributed by atoms with Crippen molar-refractivity contribution < 1.29 is 0 Å². The van der Waals surface area contributed by atoms with Crippen molar-refractivity contribution in [1.82, 2.24) is 9.97 Å². The molecule has 7 nitrogen and oxygen atoms in total. The van der Waals surface area contributed by atoms with Crippen molar-refractivity contribution in [2.24, 2.45) is 5.84 Å². The quantitative estimate of drug-likeness (QED) is 0.576. The predicted octanol–water partition coefficient (Wildman–Crippen LogP) is 1.81. The van der Waals surface area contributed by atoms with E-state index in [1.54, 1.807) is 18.2 Å². The number of nitrogens with two attached hydrogens (primary N) is 1. The Hall–Kier alpha value is -3.16. The number of nitrogens with zero attached hydrogens (tertiary/aromatic N) is 4. The van der Waals surface area contributed by atoms with Gasteiger partial charge in [-0.2, -0.15) is 10.5 Å². The lowest BCUT2D eigenvalue weighted by molar-refractivity contribution is 1.04. The van der Waals surface area contributed by atoms with E-state index in [4.69, 9.17) is 16.4 Å². The second-order valence-electron chi connectivity index (χ2n) is 4.16. The summed E-state index contributed by atoms with van der Waals surface area (Å²) in [6.45, 7) is 1.96. The van der Waals surface area contributed by atoms with E-state index >= 15 is 0 Å². The monoisotopic (exact) mass is 279 g/mol. The Balaban J connectivity index is 2.40. The lowest BCUT2D eigenvalue weighted by Gasteiger charge is -2.13. The van der Waals surface area contributed by atoms with Gasteiger partial charge in [0.1, 0.15) is 30.1 Å². The molecule has 1 aromatic carbocycles. The lowest BCUT2D eigenvalue weighted by Crippen LogP contribution is -2.13. The van der Waals surface area contributed by atoms with Gasteiger partial charge in [-0.05, 0) is 24.6 Å². The van der Waals surface area contributed by atoms with Gasteiger partial charge in [0.2, 0.25) is 0 Å². The van der Waals surface area contributed by atoms with Crippen LogP contribution in [-0.4, -0.2) is 9.97 Å². The third-order valence-electron chi connectivity index (χ3n) is 2.96. The van der Waals surface area contributed by atoms with Gasteiger partial charge >= 0.3 is 0 Å². The first-order chi connectivity index (χ1) is 10.2. The van der Waals surface area contributed by atoms with Gasteiger partial charge in [0.05, 0.1) is 11.1 Å². The number of benzene rings is 1. The van der Waals surface area contributed by atoms with Crippen LogP contribution in [0.25, 0.3) is 0 Å². The molecule has 0 saturated heterocycles. The van der Waals surface area contributed by atoms with Gasteiger partial charge in [0.25, 0.3) is 0 Å². The molecule has 21 heavy (non-hydrogen) atoms. The van der Waals surface area contributed by atoms with Crippen molar-refractivity contribution in [3.8, 4) is 12.1 Å². The van der Waals surface area contributed by atoms with Crippen LogP contribution in [0.2, 0.25) is 0 Å². The molecular weight excluding hydrogens is 266 g/mol. The first-order valence-corrected chi connectivity index (χ1v) is 6.25. The Kier molecular flexibility index (Phi) is 4.30. The van der Waals surface area contributed by atoms with Crippen molar-refractivity contribution in [2.45, 2.75) is 13.3 Å². The van der Waals surface area contributed by atoms with Crippen molar-refractivity contribution in [1.29, 1.82) is 10.5 Å². The number of nitriles is 2. The Labute approximate surface area is 122 Å². The molecule has 0 saturated carbocycles. The molecule has 2 aromatic rings. The normalized spacial score (nSPS) is 9.52. The smallest absolute Gasteiger partial charge is 0.148 e. The second kappa shape index (κ2) is 6.33. The van der Waals surface area contributed by atoms with E-state index in [2.05, 4.69) is 20.7 Å². The van der Waals surface area contributed by atoms with Crippen LogP contribution in [0.3, 0.4) is 0 Å². The van der Waals surface area contributed by atoms with Crippen LogP contribution < -0.4 is 16.6 Å². The fraction of sp³-hybridized carbons (Fsp3) is 0.143. The molecule has 4 N–H and O–H groups in total.